The van der Waals surface area contributed by atoms with E-state index in [4.69, 9.17) is 5.26 Å². The predicted octanol–water partition coefficient (Wildman–Crippen LogP) is 1.85. The smallest absolute Gasteiger partial charge is 0.263 e. The number of nitriles is 1. The Hall–Kier alpha value is -2.48. The van der Waals surface area contributed by atoms with Crippen molar-refractivity contribution in [1.29, 1.82) is 5.26 Å². The van der Waals surface area contributed by atoms with Gasteiger partial charge < -0.3 is 15.7 Å². The molecule has 0 spiro atoms. The first-order valence-corrected chi connectivity index (χ1v) is 6.99. The largest absolute Gasteiger partial charge is 0.508 e. The fraction of sp³-hybridized carbons (Fsp3) is 0.375. The molecule has 3 N–H and O–H groups in total. The predicted molar refractivity (Wildman–Crippen MR) is 81.4 cm³/mol. The molecule has 0 saturated carbocycles. The average Bonchev–Trinajstić information content (AvgIpc) is 2.49. The first kappa shape index (κ1) is 16.6. The molecule has 0 aliphatic carbocycles. The Balaban J connectivity index is 2.44. The number of carbonyl (C=O) groups excluding carboxylic acids is 1. The van der Waals surface area contributed by atoms with Gasteiger partial charge in [0.1, 0.15) is 17.4 Å². The number of benzene rings is 1. The first-order valence-electron chi connectivity index (χ1n) is 6.99. The van der Waals surface area contributed by atoms with Crippen molar-refractivity contribution in [1.82, 2.24) is 10.6 Å². The van der Waals surface area contributed by atoms with Crippen LogP contribution in [-0.4, -0.2) is 23.6 Å². The highest BCUT2D eigenvalue weighted by molar-refractivity contribution is 5.97. The summed E-state index contributed by atoms with van der Waals surface area (Å²) in [5, 5.41) is 23.9. The number of hydrogen-bond donors (Lipinski definition) is 3. The topological polar surface area (TPSA) is 85.2 Å². The summed E-state index contributed by atoms with van der Waals surface area (Å²) in [6.45, 7) is 4.44. The first-order chi connectivity index (χ1) is 10.1. The molecule has 1 rings (SSSR count). The van der Waals surface area contributed by atoms with Crippen LogP contribution in [0.5, 0.6) is 5.75 Å². The van der Waals surface area contributed by atoms with Gasteiger partial charge in [-0.25, -0.2) is 0 Å². The Bertz CT molecular complexity index is 529. The van der Waals surface area contributed by atoms with Crippen molar-refractivity contribution in [2.45, 2.75) is 32.7 Å². The zero-order valence-corrected chi connectivity index (χ0v) is 12.4. The molecule has 1 amide bonds. The number of hydrogen-bond acceptors (Lipinski definition) is 4. The maximum absolute atomic E-state index is 11.8. The molecule has 21 heavy (non-hydrogen) atoms. The SMILES string of the molecule is CCC(C)N/C=C(/C#N)C(=O)NCCc1ccc(O)cc1. The minimum Gasteiger partial charge on any atom is -0.508 e. The summed E-state index contributed by atoms with van der Waals surface area (Å²) in [6, 6.07) is 8.92. The van der Waals surface area contributed by atoms with Crippen LogP contribution < -0.4 is 10.6 Å². The van der Waals surface area contributed by atoms with Crippen LogP contribution in [-0.2, 0) is 11.2 Å². The van der Waals surface area contributed by atoms with Gasteiger partial charge in [-0.2, -0.15) is 5.26 Å². The van der Waals surface area contributed by atoms with Gasteiger partial charge in [-0.05, 0) is 37.5 Å². The van der Waals surface area contributed by atoms with E-state index in [1.165, 1.54) is 6.20 Å². The van der Waals surface area contributed by atoms with Crippen LogP contribution in [0.2, 0.25) is 0 Å². The van der Waals surface area contributed by atoms with E-state index in [1.807, 2.05) is 19.9 Å². The highest BCUT2D eigenvalue weighted by Gasteiger charge is 2.08. The van der Waals surface area contributed by atoms with Gasteiger partial charge in [0.15, 0.2) is 0 Å². The van der Waals surface area contributed by atoms with E-state index in [0.29, 0.717) is 13.0 Å². The molecule has 0 saturated heterocycles. The van der Waals surface area contributed by atoms with Gasteiger partial charge in [0, 0.05) is 18.8 Å². The van der Waals surface area contributed by atoms with Crippen molar-refractivity contribution < 1.29 is 9.90 Å². The summed E-state index contributed by atoms with van der Waals surface area (Å²) in [7, 11) is 0. The van der Waals surface area contributed by atoms with Crippen LogP contribution in [0.3, 0.4) is 0 Å². The summed E-state index contributed by atoms with van der Waals surface area (Å²) >= 11 is 0. The van der Waals surface area contributed by atoms with Crippen molar-refractivity contribution in [3.8, 4) is 11.8 Å². The monoisotopic (exact) mass is 287 g/mol. The number of phenolic OH excluding ortho intramolecular Hbond substituents is 1. The van der Waals surface area contributed by atoms with Crippen LogP contribution in [0, 0.1) is 11.3 Å². The molecule has 0 aliphatic rings. The molecule has 5 heteroatoms. The molecule has 0 heterocycles. The maximum atomic E-state index is 11.8. The number of aromatic hydroxyl groups is 1. The minimum absolute atomic E-state index is 0.0704. The Morgan fingerprint density at radius 3 is 2.67 bits per heavy atom. The van der Waals surface area contributed by atoms with E-state index >= 15 is 0 Å². The minimum atomic E-state index is -0.382. The van der Waals surface area contributed by atoms with E-state index in [2.05, 4.69) is 10.6 Å². The molecule has 1 unspecified atom stereocenters. The van der Waals surface area contributed by atoms with Crippen molar-refractivity contribution in [3.05, 3.63) is 41.6 Å². The van der Waals surface area contributed by atoms with Gasteiger partial charge in [0.2, 0.25) is 0 Å². The molecular weight excluding hydrogens is 266 g/mol. The fourth-order valence-corrected chi connectivity index (χ4v) is 1.57. The zero-order valence-electron chi connectivity index (χ0n) is 12.4. The summed E-state index contributed by atoms with van der Waals surface area (Å²) in [4.78, 5) is 11.8. The third-order valence-electron chi connectivity index (χ3n) is 3.13. The van der Waals surface area contributed by atoms with Gasteiger partial charge in [-0.3, -0.25) is 4.79 Å². The summed E-state index contributed by atoms with van der Waals surface area (Å²) in [5.74, 6) is -0.166. The lowest BCUT2D eigenvalue weighted by Gasteiger charge is -2.09. The van der Waals surface area contributed by atoms with Crippen LogP contribution >= 0.6 is 0 Å². The number of carbonyl (C=O) groups is 1. The van der Waals surface area contributed by atoms with E-state index in [1.54, 1.807) is 24.3 Å². The molecule has 0 fully saturated rings. The molecule has 0 bridgehead atoms. The standard InChI is InChI=1S/C16H21N3O2/c1-3-12(2)19-11-14(10-17)16(21)18-9-8-13-4-6-15(20)7-5-13/h4-7,11-12,19-20H,3,8-9H2,1-2H3,(H,18,21)/b14-11-. The van der Waals surface area contributed by atoms with Crippen LogP contribution in [0.4, 0.5) is 0 Å². The number of phenols is 1. The fourth-order valence-electron chi connectivity index (χ4n) is 1.57. The molecule has 112 valence electrons. The lowest BCUT2D eigenvalue weighted by molar-refractivity contribution is -0.117. The number of amides is 1. The Morgan fingerprint density at radius 1 is 1.43 bits per heavy atom. The number of nitrogens with one attached hydrogen (secondary N) is 2. The molecule has 0 aliphatic heterocycles. The van der Waals surface area contributed by atoms with Crippen molar-refractivity contribution in [3.63, 3.8) is 0 Å². The average molecular weight is 287 g/mol. The zero-order chi connectivity index (χ0) is 15.7. The van der Waals surface area contributed by atoms with Crippen molar-refractivity contribution in [2.75, 3.05) is 6.54 Å². The third-order valence-corrected chi connectivity index (χ3v) is 3.13. The van der Waals surface area contributed by atoms with E-state index in [9.17, 15) is 9.90 Å². The van der Waals surface area contributed by atoms with Crippen LogP contribution in [0.1, 0.15) is 25.8 Å². The molecule has 1 atom stereocenters. The normalized spacial score (nSPS) is 12.3. The lowest BCUT2D eigenvalue weighted by Crippen LogP contribution is -2.28. The number of rotatable bonds is 7. The third kappa shape index (κ3) is 6.00. The van der Waals surface area contributed by atoms with Gasteiger partial charge >= 0.3 is 0 Å². The number of nitrogens with zero attached hydrogens (tertiary/aromatic N) is 1. The maximum Gasteiger partial charge on any atom is 0.263 e. The van der Waals surface area contributed by atoms with Gasteiger partial charge in [-0.1, -0.05) is 19.1 Å². The summed E-state index contributed by atoms with van der Waals surface area (Å²) in [5.41, 5.74) is 1.08. The van der Waals surface area contributed by atoms with Crippen LogP contribution in [0.15, 0.2) is 36.0 Å². The molecule has 1 aromatic carbocycles. The molecule has 5 nitrogen and oxygen atoms in total. The van der Waals surface area contributed by atoms with Crippen molar-refractivity contribution >= 4 is 5.91 Å². The molecule has 0 radical (unpaired) electrons. The summed E-state index contributed by atoms with van der Waals surface area (Å²) < 4.78 is 0. The highest BCUT2D eigenvalue weighted by Crippen LogP contribution is 2.09. The lowest BCUT2D eigenvalue weighted by atomic mass is 10.1. The Kier molecular flexibility index (Phi) is 6.82. The molecular formula is C16H21N3O2. The Morgan fingerprint density at radius 2 is 2.10 bits per heavy atom. The van der Waals surface area contributed by atoms with Crippen LogP contribution in [0.25, 0.3) is 0 Å². The second kappa shape index (κ2) is 8.64. The van der Waals surface area contributed by atoms with Gasteiger partial charge in [-0.15, -0.1) is 0 Å². The van der Waals surface area contributed by atoms with E-state index in [0.717, 1.165) is 12.0 Å². The second-order valence-electron chi connectivity index (χ2n) is 4.82. The van der Waals surface area contributed by atoms with E-state index in [-0.39, 0.29) is 23.3 Å². The quantitative estimate of drug-likeness (QED) is 0.528. The second-order valence-corrected chi connectivity index (χ2v) is 4.82. The van der Waals surface area contributed by atoms with Crippen molar-refractivity contribution in [2.24, 2.45) is 0 Å². The molecule has 1 aromatic rings. The Labute approximate surface area is 125 Å². The highest BCUT2D eigenvalue weighted by atomic mass is 16.3. The molecule has 0 aromatic heterocycles. The van der Waals surface area contributed by atoms with Gasteiger partial charge in [0.05, 0.1) is 0 Å². The summed E-state index contributed by atoms with van der Waals surface area (Å²) in [6.07, 6.45) is 3.02. The van der Waals surface area contributed by atoms with E-state index < -0.39 is 0 Å². The van der Waals surface area contributed by atoms with Gasteiger partial charge in [0.25, 0.3) is 5.91 Å².